The molecule has 21 heavy (non-hydrogen) atoms. The fourth-order valence-corrected chi connectivity index (χ4v) is 2.53. The van der Waals surface area contributed by atoms with E-state index in [0.29, 0.717) is 10.8 Å². The number of aryl methyl sites for hydroxylation is 1. The fourth-order valence-electron chi connectivity index (χ4n) is 2.31. The Morgan fingerprint density at radius 1 is 1.24 bits per heavy atom. The third-order valence-electron chi connectivity index (χ3n) is 3.91. The monoisotopic (exact) mass is 311 g/mol. The molecule has 0 saturated carbocycles. The first-order chi connectivity index (χ1) is 9.90. The van der Waals surface area contributed by atoms with Gasteiger partial charge in [0, 0.05) is 17.1 Å². The van der Waals surface area contributed by atoms with E-state index in [1.807, 2.05) is 24.0 Å². The number of nitrogens with zero attached hydrogens (tertiary/aromatic N) is 1. The highest BCUT2D eigenvalue weighted by Gasteiger charge is 2.23. The molecule has 0 spiro atoms. The lowest BCUT2D eigenvalue weighted by molar-refractivity contribution is -0.137. The van der Waals surface area contributed by atoms with Crippen molar-refractivity contribution in [2.24, 2.45) is 0 Å². The summed E-state index contributed by atoms with van der Waals surface area (Å²) in [5.74, 6) is 0.744. The normalized spacial score (nSPS) is 13.6. The van der Waals surface area contributed by atoms with Crippen molar-refractivity contribution in [1.29, 1.82) is 0 Å². The van der Waals surface area contributed by atoms with Crippen molar-refractivity contribution in [1.82, 2.24) is 4.90 Å². The van der Waals surface area contributed by atoms with E-state index in [-0.39, 0.29) is 24.6 Å². The van der Waals surface area contributed by atoms with Crippen LogP contribution in [0.1, 0.15) is 46.1 Å². The smallest absolute Gasteiger partial charge is 0.260 e. The van der Waals surface area contributed by atoms with Crippen LogP contribution in [-0.4, -0.2) is 29.5 Å². The van der Waals surface area contributed by atoms with Crippen molar-refractivity contribution >= 4 is 17.5 Å². The number of rotatable bonds is 7. The maximum atomic E-state index is 12.5. The Morgan fingerprint density at radius 2 is 1.81 bits per heavy atom. The molecule has 1 rings (SSSR count). The van der Waals surface area contributed by atoms with E-state index in [4.69, 9.17) is 16.3 Å². The first-order valence-corrected chi connectivity index (χ1v) is 7.98. The Kier molecular flexibility index (Phi) is 7.03. The summed E-state index contributed by atoms with van der Waals surface area (Å²) in [5, 5.41) is 0.673. The molecule has 0 fully saturated rings. The van der Waals surface area contributed by atoms with Gasteiger partial charge < -0.3 is 9.64 Å². The Hall–Kier alpha value is -1.22. The van der Waals surface area contributed by atoms with Crippen molar-refractivity contribution in [2.75, 3.05) is 6.61 Å². The van der Waals surface area contributed by atoms with Crippen LogP contribution in [0, 0.1) is 6.92 Å². The van der Waals surface area contributed by atoms with Crippen LogP contribution in [0.4, 0.5) is 0 Å². The van der Waals surface area contributed by atoms with Crippen LogP contribution in [0.25, 0.3) is 0 Å². The molecule has 0 bridgehead atoms. The Balaban J connectivity index is 2.73. The SMILES string of the molecule is CC[C@@H](C)N(C(=O)COc1ccc(Cl)cc1C)[C@H](C)CC. The lowest BCUT2D eigenvalue weighted by atomic mass is 10.1. The molecular formula is C17H26ClNO2. The molecule has 0 saturated heterocycles. The minimum Gasteiger partial charge on any atom is -0.483 e. The average molecular weight is 312 g/mol. The van der Waals surface area contributed by atoms with Gasteiger partial charge in [-0.05, 0) is 57.4 Å². The molecule has 4 heteroatoms. The van der Waals surface area contributed by atoms with Gasteiger partial charge in [-0.2, -0.15) is 0 Å². The second-order valence-corrected chi connectivity index (χ2v) is 5.95. The van der Waals surface area contributed by atoms with E-state index in [1.54, 1.807) is 6.07 Å². The van der Waals surface area contributed by atoms with Crippen LogP contribution in [0.15, 0.2) is 18.2 Å². The fraction of sp³-hybridized carbons (Fsp3) is 0.588. The predicted octanol–water partition coefficient (Wildman–Crippen LogP) is 4.45. The van der Waals surface area contributed by atoms with Gasteiger partial charge in [0.25, 0.3) is 5.91 Å². The number of ether oxygens (including phenoxy) is 1. The number of hydrogen-bond donors (Lipinski definition) is 0. The van der Waals surface area contributed by atoms with Gasteiger partial charge in [0.05, 0.1) is 0 Å². The maximum absolute atomic E-state index is 12.5. The largest absolute Gasteiger partial charge is 0.483 e. The Morgan fingerprint density at radius 3 is 2.29 bits per heavy atom. The zero-order valence-electron chi connectivity index (χ0n) is 13.6. The zero-order valence-corrected chi connectivity index (χ0v) is 14.4. The van der Waals surface area contributed by atoms with Crippen molar-refractivity contribution in [3.8, 4) is 5.75 Å². The quantitative estimate of drug-likeness (QED) is 0.744. The number of amides is 1. The summed E-state index contributed by atoms with van der Waals surface area (Å²) in [6, 6.07) is 5.87. The molecule has 3 nitrogen and oxygen atoms in total. The van der Waals surface area contributed by atoms with Crippen LogP contribution in [-0.2, 0) is 4.79 Å². The molecule has 2 atom stereocenters. The Labute approximate surface area is 133 Å². The molecule has 0 radical (unpaired) electrons. The highest BCUT2D eigenvalue weighted by molar-refractivity contribution is 6.30. The summed E-state index contributed by atoms with van der Waals surface area (Å²) in [6.45, 7) is 10.3. The third-order valence-corrected chi connectivity index (χ3v) is 4.14. The minimum atomic E-state index is 0.0352. The highest BCUT2D eigenvalue weighted by atomic mass is 35.5. The number of benzene rings is 1. The first kappa shape index (κ1) is 17.8. The second kappa shape index (κ2) is 8.28. The van der Waals surface area contributed by atoms with Gasteiger partial charge in [-0.25, -0.2) is 0 Å². The lowest BCUT2D eigenvalue weighted by Crippen LogP contribution is -2.46. The molecule has 0 N–H and O–H groups in total. The molecule has 0 aliphatic carbocycles. The molecule has 1 aromatic rings. The minimum absolute atomic E-state index is 0.0352. The van der Waals surface area contributed by atoms with E-state index in [0.717, 1.165) is 18.4 Å². The number of halogens is 1. The van der Waals surface area contributed by atoms with E-state index in [2.05, 4.69) is 27.7 Å². The van der Waals surface area contributed by atoms with Gasteiger partial charge in [0.15, 0.2) is 6.61 Å². The van der Waals surface area contributed by atoms with Gasteiger partial charge in [0.2, 0.25) is 0 Å². The van der Waals surface area contributed by atoms with Gasteiger partial charge in [0.1, 0.15) is 5.75 Å². The van der Waals surface area contributed by atoms with Gasteiger partial charge in [-0.15, -0.1) is 0 Å². The summed E-state index contributed by atoms with van der Waals surface area (Å²) < 4.78 is 5.67. The molecular weight excluding hydrogens is 286 g/mol. The van der Waals surface area contributed by atoms with E-state index in [1.165, 1.54) is 0 Å². The summed E-state index contributed by atoms with van der Waals surface area (Å²) in [6.07, 6.45) is 1.88. The summed E-state index contributed by atoms with van der Waals surface area (Å²) in [7, 11) is 0. The molecule has 0 unspecified atom stereocenters. The Bertz CT molecular complexity index is 466. The van der Waals surface area contributed by atoms with Crippen LogP contribution in [0.2, 0.25) is 5.02 Å². The summed E-state index contributed by atoms with van der Waals surface area (Å²) in [5.41, 5.74) is 0.939. The molecule has 1 amide bonds. The number of hydrogen-bond acceptors (Lipinski definition) is 2. The van der Waals surface area contributed by atoms with E-state index in [9.17, 15) is 4.79 Å². The third kappa shape index (κ3) is 4.92. The average Bonchev–Trinajstić information content (AvgIpc) is 2.46. The van der Waals surface area contributed by atoms with Crippen molar-refractivity contribution in [3.63, 3.8) is 0 Å². The molecule has 0 aliphatic rings. The van der Waals surface area contributed by atoms with Gasteiger partial charge in [-0.3, -0.25) is 4.79 Å². The van der Waals surface area contributed by atoms with E-state index >= 15 is 0 Å². The topological polar surface area (TPSA) is 29.5 Å². The molecule has 0 heterocycles. The van der Waals surface area contributed by atoms with Crippen molar-refractivity contribution < 1.29 is 9.53 Å². The number of carbonyl (C=O) groups is 1. The van der Waals surface area contributed by atoms with Crippen molar-refractivity contribution in [3.05, 3.63) is 28.8 Å². The molecule has 1 aromatic carbocycles. The predicted molar refractivity (Wildman–Crippen MR) is 88.0 cm³/mol. The summed E-state index contributed by atoms with van der Waals surface area (Å²) >= 11 is 5.92. The molecule has 0 aromatic heterocycles. The molecule has 0 aliphatic heterocycles. The van der Waals surface area contributed by atoms with E-state index < -0.39 is 0 Å². The lowest BCUT2D eigenvalue weighted by Gasteiger charge is -2.34. The molecule has 118 valence electrons. The zero-order chi connectivity index (χ0) is 16.0. The van der Waals surface area contributed by atoms with Crippen LogP contribution >= 0.6 is 11.6 Å². The van der Waals surface area contributed by atoms with Crippen molar-refractivity contribution in [2.45, 2.75) is 59.5 Å². The first-order valence-electron chi connectivity index (χ1n) is 7.60. The van der Waals surface area contributed by atoms with Crippen LogP contribution < -0.4 is 4.74 Å². The second-order valence-electron chi connectivity index (χ2n) is 5.51. The van der Waals surface area contributed by atoms with Gasteiger partial charge in [-0.1, -0.05) is 25.4 Å². The number of carbonyl (C=O) groups excluding carboxylic acids is 1. The van der Waals surface area contributed by atoms with Crippen LogP contribution in [0.3, 0.4) is 0 Å². The van der Waals surface area contributed by atoms with Gasteiger partial charge >= 0.3 is 0 Å². The van der Waals surface area contributed by atoms with Crippen LogP contribution in [0.5, 0.6) is 5.75 Å². The summed E-state index contributed by atoms with van der Waals surface area (Å²) in [4.78, 5) is 14.4. The maximum Gasteiger partial charge on any atom is 0.260 e. The highest BCUT2D eigenvalue weighted by Crippen LogP contribution is 2.22. The standard InChI is InChI=1S/C17H26ClNO2/c1-6-13(4)19(14(5)7-2)17(20)11-21-16-9-8-15(18)10-12(16)3/h8-10,13-14H,6-7,11H2,1-5H3/t13-,14-/m1/s1.